The number of allylic oxidation sites excluding steroid dienone is 2. The van der Waals surface area contributed by atoms with E-state index in [9.17, 15) is 19.2 Å². The van der Waals surface area contributed by atoms with Gasteiger partial charge in [0.05, 0.1) is 0 Å². The van der Waals surface area contributed by atoms with Crippen LogP contribution in [0.1, 0.15) is 12.8 Å². The van der Waals surface area contributed by atoms with E-state index in [1.54, 1.807) is 0 Å². The summed E-state index contributed by atoms with van der Waals surface area (Å²) in [5.41, 5.74) is 1.18. The van der Waals surface area contributed by atoms with E-state index < -0.39 is 25.0 Å². The Labute approximate surface area is 137 Å². The van der Waals surface area contributed by atoms with Crippen molar-refractivity contribution in [3.8, 4) is 0 Å². The number of hydrogen-bond donors (Lipinski definition) is 4. The molecule has 0 spiro atoms. The van der Waals surface area contributed by atoms with Crippen molar-refractivity contribution >= 4 is 23.8 Å². The predicted molar refractivity (Wildman–Crippen MR) is 80.7 cm³/mol. The summed E-state index contributed by atoms with van der Waals surface area (Å²) in [6.45, 7) is -0.831. The van der Waals surface area contributed by atoms with Crippen LogP contribution < -0.4 is 10.6 Å². The van der Waals surface area contributed by atoms with Crippen molar-refractivity contribution in [1.29, 1.82) is 0 Å². The molecule has 0 radical (unpaired) electrons. The van der Waals surface area contributed by atoms with E-state index in [1.807, 2.05) is 12.2 Å². The number of fused-ring (bicyclic) bond motifs is 5. The molecule has 1 saturated carbocycles. The van der Waals surface area contributed by atoms with Gasteiger partial charge in [-0.2, -0.15) is 0 Å². The van der Waals surface area contributed by atoms with Crippen molar-refractivity contribution in [2.75, 3.05) is 13.1 Å². The van der Waals surface area contributed by atoms with Crippen LogP contribution in [0.3, 0.4) is 0 Å². The standard InChI is InChI=1S/C16H18N2O6/c19-13(20)5-17-15(23)8-3-9-7-1-11(10(9)4-8)12(2-7)16(24)18-6-14(21)22/h2-3,7,9-11H,1,4-6H2,(H,17,23)(H,18,24)(H,19,20)(H,21,22)/t7-,9+,10+,11-/m1/s1. The zero-order valence-electron chi connectivity index (χ0n) is 12.8. The van der Waals surface area contributed by atoms with Gasteiger partial charge >= 0.3 is 11.9 Å². The lowest BCUT2D eigenvalue weighted by Crippen LogP contribution is -2.34. The number of rotatable bonds is 6. The van der Waals surface area contributed by atoms with Gasteiger partial charge in [-0.15, -0.1) is 0 Å². The van der Waals surface area contributed by atoms with Gasteiger partial charge in [0.15, 0.2) is 0 Å². The maximum Gasteiger partial charge on any atom is 0.322 e. The number of amides is 2. The van der Waals surface area contributed by atoms with Gasteiger partial charge in [0.2, 0.25) is 11.8 Å². The average molecular weight is 334 g/mol. The van der Waals surface area contributed by atoms with Gasteiger partial charge in [0, 0.05) is 11.1 Å². The Hall–Kier alpha value is -2.64. The number of nitrogens with one attached hydrogen (secondary N) is 2. The Bertz CT molecular complexity index is 680. The highest BCUT2D eigenvalue weighted by atomic mass is 16.4. The molecule has 4 atom stereocenters. The summed E-state index contributed by atoms with van der Waals surface area (Å²) in [5, 5.41) is 22.0. The normalized spacial score (nSPS) is 29.5. The minimum Gasteiger partial charge on any atom is -0.480 e. The van der Waals surface area contributed by atoms with Crippen LogP contribution in [0.15, 0.2) is 23.3 Å². The van der Waals surface area contributed by atoms with E-state index in [0.717, 1.165) is 6.42 Å². The van der Waals surface area contributed by atoms with E-state index in [2.05, 4.69) is 10.6 Å². The molecule has 0 aliphatic heterocycles. The fourth-order valence-corrected chi connectivity index (χ4v) is 4.12. The summed E-state index contributed by atoms with van der Waals surface area (Å²) in [6, 6.07) is 0. The van der Waals surface area contributed by atoms with Crippen LogP contribution >= 0.6 is 0 Å². The van der Waals surface area contributed by atoms with Crippen LogP contribution in [0.4, 0.5) is 0 Å². The fourth-order valence-electron chi connectivity index (χ4n) is 4.12. The van der Waals surface area contributed by atoms with Crippen molar-refractivity contribution in [1.82, 2.24) is 10.6 Å². The van der Waals surface area contributed by atoms with Crippen LogP contribution in [0.2, 0.25) is 0 Å². The number of aliphatic carboxylic acids is 2. The highest BCUT2D eigenvalue weighted by molar-refractivity contribution is 5.98. The van der Waals surface area contributed by atoms with Crippen LogP contribution in [0, 0.1) is 23.7 Å². The molecule has 0 unspecified atom stereocenters. The average Bonchev–Trinajstić information content (AvgIpc) is 3.20. The number of carboxylic acids is 2. The van der Waals surface area contributed by atoms with Gasteiger partial charge in [0.1, 0.15) is 13.1 Å². The van der Waals surface area contributed by atoms with Crippen molar-refractivity contribution in [2.45, 2.75) is 12.8 Å². The van der Waals surface area contributed by atoms with E-state index in [0.29, 0.717) is 17.6 Å². The molecule has 3 aliphatic carbocycles. The van der Waals surface area contributed by atoms with Crippen molar-refractivity contribution in [3.05, 3.63) is 23.3 Å². The Balaban J connectivity index is 1.62. The number of carbonyl (C=O) groups excluding carboxylic acids is 2. The molecule has 8 nitrogen and oxygen atoms in total. The summed E-state index contributed by atoms with van der Waals surface area (Å²) in [5.74, 6) is -2.38. The van der Waals surface area contributed by atoms with Gasteiger partial charge < -0.3 is 20.8 Å². The van der Waals surface area contributed by atoms with Gasteiger partial charge in [-0.25, -0.2) is 0 Å². The summed E-state index contributed by atoms with van der Waals surface area (Å²) < 4.78 is 0. The molecule has 0 aromatic rings. The van der Waals surface area contributed by atoms with Crippen LogP contribution in [0.25, 0.3) is 0 Å². The van der Waals surface area contributed by atoms with Gasteiger partial charge in [-0.05, 0) is 36.5 Å². The molecule has 1 fully saturated rings. The molecular weight excluding hydrogens is 316 g/mol. The largest absolute Gasteiger partial charge is 0.480 e. The minimum atomic E-state index is -1.10. The first-order valence-corrected chi connectivity index (χ1v) is 7.79. The fraction of sp³-hybridized carbons (Fsp3) is 0.500. The molecule has 0 aromatic carbocycles. The Morgan fingerprint density at radius 1 is 1.00 bits per heavy atom. The molecule has 0 saturated heterocycles. The topological polar surface area (TPSA) is 133 Å². The van der Waals surface area contributed by atoms with Gasteiger partial charge in [-0.3, -0.25) is 19.2 Å². The lowest BCUT2D eigenvalue weighted by molar-refractivity contribution is -0.138. The monoisotopic (exact) mass is 334 g/mol. The molecule has 4 N–H and O–H groups in total. The quantitative estimate of drug-likeness (QED) is 0.519. The van der Waals surface area contributed by atoms with E-state index in [4.69, 9.17) is 10.2 Å². The molecule has 0 heterocycles. The highest BCUT2D eigenvalue weighted by Gasteiger charge is 2.51. The molecule has 8 heteroatoms. The number of carbonyl (C=O) groups is 4. The number of carboxylic acid groups (broad SMARTS) is 2. The second kappa shape index (κ2) is 6.10. The Morgan fingerprint density at radius 3 is 2.25 bits per heavy atom. The predicted octanol–water partition coefficient (Wildman–Crippen LogP) is -0.473. The molecule has 3 rings (SSSR count). The minimum absolute atomic E-state index is 0.0230. The van der Waals surface area contributed by atoms with E-state index in [1.165, 1.54) is 0 Å². The second-order valence-corrected chi connectivity index (χ2v) is 6.42. The summed E-state index contributed by atoms with van der Waals surface area (Å²) in [4.78, 5) is 45.2. The third kappa shape index (κ3) is 2.91. The first kappa shape index (κ1) is 16.2. The third-order valence-electron chi connectivity index (χ3n) is 5.03. The Kier molecular flexibility index (Phi) is 4.13. The molecule has 24 heavy (non-hydrogen) atoms. The molecule has 3 aliphatic rings. The lowest BCUT2D eigenvalue weighted by Gasteiger charge is -2.24. The van der Waals surface area contributed by atoms with E-state index >= 15 is 0 Å². The molecule has 2 amide bonds. The third-order valence-corrected chi connectivity index (χ3v) is 5.03. The van der Waals surface area contributed by atoms with E-state index in [-0.39, 0.29) is 35.5 Å². The van der Waals surface area contributed by atoms with Crippen molar-refractivity contribution in [2.24, 2.45) is 23.7 Å². The van der Waals surface area contributed by atoms with Crippen LogP contribution in [-0.2, 0) is 19.2 Å². The molecule has 128 valence electrons. The maximum atomic E-state index is 12.1. The molecular formula is C16H18N2O6. The summed E-state index contributed by atoms with van der Waals surface area (Å²) >= 11 is 0. The first-order chi connectivity index (χ1) is 11.4. The Morgan fingerprint density at radius 2 is 1.62 bits per heavy atom. The van der Waals surface area contributed by atoms with Crippen molar-refractivity contribution in [3.63, 3.8) is 0 Å². The SMILES string of the molecule is O=C(O)CNC(=O)C1=C[C@@H]2[C@H](C1)[C@H]1C[C@@H]2C=C1C(=O)NCC(=O)O. The zero-order valence-corrected chi connectivity index (χ0v) is 12.8. The highest BCUT2D eigenvalue weighted by Crippen LogP contribution is 2.57. The van der Waals surface area contributed by atoms with Crippen LogP contribution in [0.5, 0.6) is 0 Å². The van der Waals surface area contributed by atoms with Gasteiger partial charge in [-0.1, -0.05) is 12.2 Å². The smallest absolute Gasteiger partial charge is 0.322 e. The zero-order chi connectivity index (χ0) is 17.4. The lowest BCUT2D eigenvalue weighted by atomic mass is 9.81. The number of hydrogen-bond acceptors (Lipinski definition) is 4. The molecule has 0 aromatic heterocycles. The van der Waals surface area contributed by atoms with Gasteiger partial charge in [0.25, 0.3) is 0 Å². The first-order valence-electron chi connectivity index (χ1n) is 7.79. The van der Waals surface area contributed by atoms with Crippen molar-refractivity contribution < 1.29 is 29.4 Å². The molecule has 2 bridgehead atoms. The second-order valence-electron chi connectivity index (χ2n) is 6.42. The maximum absolute atomic E-state index is 12.1. The summed E-state index contributed by atoms with van der Waals surface area (Å²) in [7, 11) is 0. The summed E-state index contributed by atoms with van der Waals surface area (Å²) in [6.07, 6.45) is 5.14. The van der Waals surface area contributed by atoms with Crippen LogP contribution in [-0.4, -0.2) is 47.1 Å².